The highest BCUT2D eigenvalue weighted by molar-refractivity contribution is 7.26. The molecule has 0 N–H and O–H groups in total. The predicted molar refractivity (Wildman–Crippen MR) is 207 cm³/mol. The average molecular weight is 634 g/mol. The third-order valence-corrected chi connectivity index (χ3v) is 12.4. The van der Waals surface area contributed by atoms with E-state index in [1.165, 1.54) is 86.8 Å². The average Bonchev–Trinajstić information content (AvgIpc) is 3.69. The summed E-state index contributed by atoms with van der Waals surface area (Å²) in [4.78, 5) is 2.51. The Morgan fingerprint density at radius 2 is 1.15 bits per heavy atom. The first-order valence-corrected chi connectivity index (χ1v) is 17.8. The number of fused-ring (bicyclic) bond motifs is 13. The minimum atomic E-state index is -0.184. The lowest BCUT2D eigenvalue weighted by molar-refractivity contribution is 0.660. The van der Waals surface area contributed by atoms with Crippen molar-refractivity contribution in [2.45, 2.75) is 38.5 Å². The molecule has 230 valence electrons. The van der Waals surface area contributed by atoms with Gasteiger partial charge in [-0.2, -0.15) is 0 Å². The van der Waals surface area contributed by atoms with Gasteiger partial charge in [0.25, 0.3) is 0 Å². The summed E-state index contributed by atoms with van der Waals surface area (Å²) in [5.41, 5.74) is 14.4. The molecule has 0 bridgehead atoms. The third-order valence-electron chi connectivity index (χ3n) is 11.2. The summed E-state index contributed by atoms with van der Waals surface area (Å²) in [5.74, 6) is 0. The molecule has 48 heavy (non-hydrogen) atoms. The number of benzene rings is 7. The summed E-state index contributed by atoms with van der Waals surface area (Å²) in [6.45, 7) is 9.61. The molecule has 0 spiro atoms. The lowest BCUT2D eigenvalue weighted by atomic mass is 9.79. The van der Waals surface area contributed by atoms with E-state index in [0.29, 0.717) is 0 Å². The maximum absolute atomic E-state index is 2.51. The van der Waals surface area contributed by atoms with Crippen LogP contribution in [0.4, 0.5) is 17.1 Å². The van der Waals surface area contributed by atoms with Crippen molar-refractivity contribution >= 4 is 59.3 Å². The number of para-hydroxylation sites is 1. The Hall–Kier alpha value is -5.18. The fourth-order valence-electron chi connectivity index (χ4n) is 9.01. The van der Waals surface area contributed by atoms with Crippen LogP contribution in [0.1, 0.15) is 49.9 Å². The second-order valence-corrected chi connectivity index (χ2v) is 15.5. The standard InChI is InChI=1S/C46H35NS/c1-45(2)35-21-12-10-17-30(35)31-26-25-29(27-37(31)45)47(28-15-6-5-7-16-28)38-23-14-22-36-42(38)40-32-18-8-9-19-33(32)44-41(43(40)46(36,3)4)34-20-11-13-24-39(34)48-44/h5-27H,1-4H3. The normalized spacial score (nSPS) is 15.0. The number of hydrogen-bond donors (Lipinski definition) is 0. The Labute approximate surface area is 285 Å². The van der Waals surface area contributed by atoms with Gasteiger partial charge in [-0.1, -0.05) is 131 Å². The molecule has 0 aliphatic heterocycles. The first-order chi connectivity index (χ1) is 23.4. The van der Waals surface area contributed by atoms with Crippen molar-refractivity contribution in [1.29, 1.82) is 0 Å². The highest BCUT2D eigenvalue weighted by Crippen LogP contribution is 2.60. The van der Waals surface area contributed by atoms with Crippen molar-refractivity contribution in [2.24, 2.45) is 0 Å². The Balaban J connectivity index is 1.30. The minimum absolute atomic E-state index is 0.0840. The number of nitrogens with zero attached hydrogens (tertiary/aromatic N) is 1. The van der Waals surface area contributed by atoms with Gasteiger partial charge in [0.15, 0.2) is 0 Å². The second-order valence-electron chi connectivity index (χ2n) is 14.5. The van der Waals surface area contributed by atoms with E-state index in [9.17, 15) is 0 Å². The summed E-state index contributed by atoms with van der Waals surface area (Å²) >= 11 is 1.94. The minimum Gasteiger partial charge on any atom is -0.310 e. The number of hydrogen-bond acceptors (Lipinski definition) is 2. The van der Waals surface area contributed by atoms with E-state index >= 15 is 0 Å². The lowest BCUT2D eigenvalue weighted by Crippen LogP contribution is -2.17. The van der Waals surface area contributed by atoms with Crippen molar-refractivity contribution in [1.82, 2.24) is 0 Å². The van der Waals surface area contributed by atoms with Gasteiger partial charge >= 0.3 is 0 Å². The Kier molecular flexibility index (Phi) is 5.63. The molecule has 2 aliphatic rings. The molecule has 8 aromatic rings. The van der Waals surface area contributed by atoms with Gasteiger partial charge in [0, 0.05) is 53.3 Å². The Morgan fingerprint density at radius 1 is 0.479 bits per heavy atom. The van der Waals surface area contributed by atoms with E-state index in [1.54, 1.807) is 0 Å². The number of thiophene rings is 1. The number of anilines is 3. The molecule has 0 radical (unpaired) electrons. The molecule has 0 unspecified atom stereocenters. The van der Waals surface area contributed by atoms with Crippen molar-refractivity contribution in [2.75, 3.05) is 4.90 Å². The molecule has 1 heterocycles. The van der Waals surface area contributed by atoms with Gasteiger partial charge in [0.1, 0.15) is 0 Å². The highest BCUT2D eigenvalue weighted by atomic mass is 32.1. The maximum atomic E-state index is 2.51. The quantitative estimate of drug-likeness (QED) is 0.187. The predicted octanol–water partition coefficient (Wildman–Crippen LogP) is 13.3. The van der Waals surface area contributed by atoms with Gasteiger partial charge in [-0.15, -0.1) is 11.3 Å². The van der Waals surface area contributed by atoms with Crippen molar-refractivity contribution < 1.29 is 0 Å². The van der Waals surface area contributed by atoms with E-state index in [2.05, 4.69) is 172 Å². The van der Waals surface area contributed by atoms with Crippen LogP contribution in [-0.4, -0.2) is 0 Å². The SMILES string of the molecule is CC1(C)c2ccccc2-c2ccc(N(c3ccccc3)c3cccc4c3-c3c(c5c6ccccc6sc5c5ccccc35)C4(C)C)cc21. The van der Waals surface area contributed by atoms with E-state index in [4.69, 9.17) is 0 Å². The highest BCUT2D eigenvalue weighted by Gasteiger charge is 2.42. The van der Waals surface area contributed by atoms with Crippen LogP contribution in [0.25, 0.3) is 53.2 Å². The molecular formula is C46H35NS. The van der Waals surface area contributed by atoms with Gasteiger partial charge in [0.05, 0.1) is 5.69 Å². The van der Waals surface area contributed by atoms with E-state index < -0.39 is 0 Å². The molecule has 7 aromatic carbocycles. The molecule has 0 saturated heterocycles. The second kappa shape index (κ2) is 9.69. The molecule has 1 nitrogen and oxygen atoms in total. The van der Waals surface area contributed by atoms with Gasteiger partial charge in [-0.3, -0.25) is 0 Å². The smallest absolute Gasteiger partial charge is 0.0543 e. The summed E-state index contributed by atoms with van der Waals surface area (Å²) in [6, 6.07) is 52.1. The van der Waals surface area contributed by atoms with Crippen LogP contribution >= 0.6 is 11.3 Å². The molecular weight excluding hydrogens is 599 g/mol. The van der Waals surface area contributed by atoms with Gasteiger partial charge in [0.2, 0.25) is 0 Å². The van der Waals surface area contributed by atoms with E-state index in [0.717, 1.165) is 5.69 Å². The summed E-state index contributed by atoms with van der Waals surface area (Å²) in [5, 5.41) is 5.46. The van der Waals surface area contributed by atoms with Crippen LogP contribution < -0.4 is 4.90 Å². The van der Waals surface area contributed by atoms with Crippen molar-refractivity contribution in [3.8, 4) is 22.3 Å². The molecule has 2 heteroatoms. The topological polar surface area (TPSA) is 3.24 Å². The van der Waals surface area contributed by atoms with Crippen molar-refractivity contribution in [3.05, 3.63) is 162 Å². The van der Waals surface area contributed by atoms with Crippen LogP contribution in [0.5, 0.6) is 0 Å². The van der Waals surface area contributed by atoms with Crippen LogP contribution in [0, 0.1) is 0 Å². The molecule has 10 rings (SSSR count). The molecule has 0 saturated carbocycles. The fraction of sp³-hybridized carbons (Fsp3) is 0.130. The molecule has 0 amide bonds. The van der Waals surface area contributed by atoms with Gasteiger partial charge in [-0.05, 0) is 80.7 Å². The summed E-state index contributed by atoms with van der Waals surface area (Å²) in [7, 11) is 0. The van der Waals surface area contributed by atoms with Crippen molar-refractivity contribution in [3.63, 3.8) is 0 Å². The first-order valence-electron chi connectivity index (χ1n) is 17.0. The van der Waals surface area contributed by atoms with Crippen LogP contribution in [0.3, 0.4) is 0 Å². The fourth-order valence-corrected chi connectivity index (χ4v) is 10.3. The van der Waals surface area contributed by atoms with Gasteiger partial charge in [-0.25, -0.2) is 0 Å². The molecule has 1 aromatic heterocycles. The number of rotatable bonds is 3. The first kappa shape index (κ1) is 27.9. The maximum Gasteiger partial charge on any atom is 0.0543 e. The monoisotopic (exact) mass is 633 g/mol. The zero-order valence-electron chi connectivity index (χ0n) is 27.6. The Bertz CT molecular complexity index is 2620. The Morgan fingerprint density at radius 3 is 1.98 bits per heavy atom. The largest absolute Gasteiger partial charge is 0.310 e. The summed E-state index contributed by atoms with van der Waals surface area (Å²) in [6.07, 6.45) is 0. The van der Waals surface area contributed by atoms with E-state index in [-0.39, 0.29) is 10.8 Å². The zero-order valence-corrected chi connectivity index (χ0v) is 28.5. The van der Waals surface area contributed by atoms with Crippen LogP contribution in [-0.2, 0) is 10.8 Å². The molecule has 0 atom stereocenters. The third kappa shape index (κ3) is 3.56. The molecule has 0 fully saturated rings. The van der Waals surface area contributed by atoms with E-state index in [1.807, 2.05) is 11.3 Å². The van der Waals surface area contributed by atoms with Gasteiger partial charge < -0.3 is 4.90 Å². The van der Waals surface area contributed by atoms with Crippen LogP contribution in [0.2, 0.25) is 0 Å². The zero-order chi connectivity index (χ0) is 32.4. The lowest BCUT2D eigenvalue weighted by Gasteiger charge is -2.30. The summed E-state index contributed by atoms with van der Waals surface area (Å²) < 4.78 is 2.75. The molecule has 2 aliphatic carbocycles. The van der Waals surface area contributed by atoms with Crippen LogP contribution in [0.15, 0.2) is 140 Å².